The average Bonchev–Trinajstić information content (AvgIpc) is 3.05. The van der Waals surface area contributed by atoms with E-state index in [1.165, 1.54) is 0 Å². The summed E-state index contributed by atoms with van der Waals surface area (Å²) < 4.78 is 13.8. The van der Waals surface area contributed by atoms with E-state index >= 15 is 0 Å². The second-order valence-electron chi connectivity index (χ2n) is 8.10. The largest absolute Gasteiger partial charge is 0.384 e. The number of aliphatic hydroxyl groups is 1. The van der Waals surface area contributed by atoms with Crippen molar-refractivity contribution in [1.29, 1.82) is 0 Å². The minimum atomic E-state index is -0.998. The monoisotopic (exact) mass is 396 g/mol. The van der Waals surface area contributed by atoms with Gasteiger partial charge in [0.2, 0.25) is 0 Å². The molecule has 4 nitrogen and oxygen atoms in total. The molecule has 5 heteroatoms. The molecule has 0 bridgehead atoms. The standard InChI is InChI=1S/C23H28N2O2S/c1-16(2)13-22-24-21(23(3,4)26)15-25(22)19-11-9-17(10-12-19)18-7-6-8-20(14-18)28(5)27/h6-12,14-16,26H,13H2,1-5H3. The Morgan fingerprint density at radius 3 is 2.36 bits per heavy atom. The number of benzene rings is 2. The quantitative estimate of drug-likeness (QED) is 0.657. The lowest BCUT2D eigenvalue weighted by atomic mass is 10.1. The van der Waals surface area contributed by atoms with E-state index in [1.807, 2.05) is 30.5 Å². The summed E-state index contributed by atoms with van der Waals surface area (Å²) in [6.45, 7) is 7.84. The molecule has 0 aliphatic heterocycles. The maximum Gasteiger partial charge on any atom is 0.113 e. The van der Waals surface area contributed by atoms with Crippen LogP contribution >= 0.6 is 0 Å². The van der Waals surface area contributed by atoms with Crippen LogP contribution in [0.25, 0.3) is 16.8 Å². The zero-order valence-electron chi connectivity index (χ0n) is 17.1. The zero-order chi connectivity index (χ0) is 20.5. The normalized spacial score (nSPS) is 13.1. The van der Waals surface area contributed by atoms with Gasteiger partial charge in [-0.3, -0.25) is 4.21 Å². The molecule has 0 spiro atoms. The Bertz CT molecular complexity index is 983. The van der Waals surface area contributed by atoms with Crippen molar-refractivity contribution in [2.75, 3.05) is 6.26 Å². The highest BCUT2D eigenvalue weighted by atomic mass is 32.2. The first kappa shape index (κ1) is 20.5. The molecule has 1 N–H and O–H groups in total. The lowest BCUT2D eigenvalue weighted by molar-refractivity contribution is 0.0741. The number of hydrogen-bond acceptors (Lipinski definition) is 3. The molecule has 1 heterocycles. The van der Waals surface area contributed by atoms with Gasteiger partial charge < -0.3 is 9.67 Å². The van der Waals surface area contributed by atoms with Gasteiger partial charge in [0.1, 0.15) is 11.4 Å². The Labute approximate surface area is 169 Å². The predicted molar refractivity (Wildman–Crippen MR) is 115 cm³/mol. The topological polar surface area (TPSA) is 55.1 Å². The van der Waals surface area contributed by atoms with Crippen LogP contribution in [0.3, 0.4) is 0 Å². The first-order valence-corrected chi connectivity index (χ1v) is 11.1. The summed E-state index contributed by atoms with van der Waals surface area (Å²) in [4.78, 5) is 5.51. The zero-order valence-corrected chi connectivity index (χ0v) is 18.0. The molecule has 0 fully saturated rings. The van der Waals surface area contributed by atoms with Gasteiger partial charge in [0.05, 0.1) is 5.69 Å². The first-order chi connectivity index (χ1) is 13.1. The van der Waals surface area contributed by atoms with E-state index in [2.05, 4.69) is 47.7 Å². The van der Waals surface area contributed by atoms with Gasteiger partial charge in [-0.15, -0.1) is 0 Å². The molecule has 0 saturated heterocycles. The van der Waals surface area contributed by atoms with Crippen molar-refractivity contribution in [1.82, 2.24) is 9.55 Å². The maximum atomic E-state index is 11.8. The Morgan fingerprint density at radius 2 is 1.79 bits per heavy atom. The Balaban J connectivity index is 1.98. The average molecular weight is 397 g/mol. The van der Waals surface area contributed by atoms with E-state index in [0.29, 0.717) is 11.6 Å². The van der Waals surface area contributed by atoms with Crippen molar-refractivity contribution in [3.63, 3.8) is 0 Å². The lowest BCUT2D eigenvalue weighted by Crippen LogP contribution is -2.16. The summed E-state index contributed by atoms with van der Waals surface area (Å²) in [5.74, 6) is 1.41. The molecule has 1 atom stereocenters. The van der Waals surface area contributed by atoms with Gasteiger partial charge >= 0.3 is 0 Å². The molecule has 1 unspecified atom stereocenters. The third kappa shape index (κ3) is 4.59. The number of hydrogen-bond donors (Lipinski definition) is 1. The minimum Gasteiger partial charge on any atom is -0.384 e. The summed E-state index contributed by atoms with van der Waals surface area (Å²) in [6.07, 6.45) is 4.45. The lowest BCUT2D eigenvalue weighted by Gasteiger charge is -2.13. The molecule has 0 radical (unpaired) electrons. The molecule has 0 aliphatic rings. The fourth-order valence-electron chi connectivity index (χ4n) is 3.11. The highest BCUT2D eigenvalue weighted by molar-refractivity contribution is 7.84. The smallest absolute Gasteiger partial charge is 0.113 e. The summed E-state index contributed by atoms with van der Waals surface area (Å²) >= 11 is 0. The van der Waals surface area contributed by atoms with E-state index in [-0.39, 0.29) is 0 Å². The first-order valence-electron chi connectivity index (χ1n) is 9.50. The van der Waals surface area contributed by atoms with Gasteiger partial charge in [0, 0.05) is 40.3 Å². The van der Waals surface area contributed by atoms with E-state index in [1.54, 1.807) is 20.1 Å². The van der Waals surface area contributed by atoms with Crippen molar-refractivity contribution in [3.8, 4) is 16.8 Å². The predicted octanol–water partition coefficient (Wildman–Crippen LogP) is 4.70. The van der Waals surface area contributed by atoms with Crippen molar-refractivity contribution >= 4 is 10.8 Å². The molecule has 148 valence electrons. The van der Waals surface area contributed by atoms with Crippen LogP contribution < -0.4 is 0 Å². The van der Waals surface area contributed by atoms with Crippen molar-refractivity contribution in [2.24, 2.45) is 5.92 Å². The summed E-state index contributed by atoms with van der Waals surface area (Å²) in [5.41, 5.74) is 2.82. The van der Waals surface area contributed by atoms with Crippen LogP contribution in [0.4, 0.5) is 0 Å². The van der Waals surface area contributed by atoms with Crippen LogP contribution in [0, 0.1) is 5.92 Å². The van der Waals surface area contributed by atoms with Gasteiger partial charge in [0.25, 0.3) is 0 Å². The molecule has 0 aliphatic carbocycles. The molecule has 0 saturated carbocycles. The van der Waals surface area contributed by atoms with Crippen molar-refractivity contribution in [2.45, 2.75) is 44.6 Å². The minimum absolute atomic E-state index is 0.465. The SMILES string of the molecule is CC(C)Cc1nc(C(C)(C)O)cn1-c1ccc(-c2cccc(S(C)=O)c2)cc1. The molecular weight excluding hydrogens is 368 g/mol. The number of rotatable bonds is 6. The highest BCUT2D eigenvalue weighted by Gasteiger charge is 2.22. The van der Waals surface area contributed by atoms with Gasteiger partial charge in [-0.25, -0.2) is 4.98 Å². The van der Waals surface area contributed by atoms with Gasteiger partial charge in [-0.2, -0.15) is 0 Å². The second-order valence-corrected chi connectivity index (χ2v) is 9.48. The fourth-order valence-corrected chi connectivity index (χ4v) is 3.68. The second kappa shape index (κ2) is 8.02. The summed E-state index contributed by atoms with van der Waals surface area (Å²) in [5, 5.41) is 10.4. The van der Waals surface area contributed by atoms with Gasteiger partial charge in [-0.05, 0) is 55.2 Å². The molecule has 2 aromatic carbocycles. The maximum absolute atomic E-state index is 11.8. The third-order valence-corrected chi connectivity index (χ3v) is 5.56. The third-order valence-electron chi connectivity index (χ3n) is 4.64. The number of aromatic nitrogens is 2. The number of nitrogens with zero attached hydrogens (tertiary/aromatic N) is 2. The summed E-state index contributed by atoms with van der Waals surface area (Å²) in [6, 6.07) is 16.1. The van der Waals surface area contributed by atoms with Crippen LogP contribution in [0.2, 0.25) is 0 Å². The Hall–Kier alpha value is -2.24. The Kier molecular flexibility index (Phi) is 5.87. The van der Waals surface area contributed by atoms with E-state index < -0.39 is 16.4 Å². The van der Waals surface area contributed by atoms with Gasteiger partial charge in [-0.1, -0.05) is 38.1 Å². The fraction of sp³-hybridized carbons (Fsp3) is 0.348. The van der Waals surface area contributed by atoms with E-state index in [4.69, 9.17) is 0 Å². The highest BCUT2D eigenvalue weighted by Crippen LogP contribution is 2.26. The molecule has 3 aromatic rings. The van der Waals surface area contributed by atoms with Crippen LogP contribution in [0.1, 0.15) is 39.2 Å². The number of imidazole rings is 1. The van der Waals surface area contributed by atoms with E-state index in [9.17, 15) is 9.32 Å². The summed E-state index contributed by atoms with van der Waals surface area (Å²) in [7, 11) is -0.998. The van der Waals surface area contributed by atoms with Crippen molar-refractivity contribution in [3.05, 3.63) is 66.2 Å². The Morgan fingerprint density at radius 1 is 1.11 bits per heavy atom. The molecule has 3 rings (SSSR count). The molecule has 28 heavy (non-hydrogen) atoms. The van der Waals surface area contributed by atoms with Gasteiger partial charge in [0.15, 0.2) is 0 Å². The molecule has 1 aromatic heterocycles. The van der Waals surface area contributed by atoms with E-state index in [0.717, 1.165) is 34.0 Å². The van der Waals surface area contributed by atoms with Crippen LogP contribution in [-0.2, 0) is 22.8 Å². The van der Waals surface area contributed by atoms with Crippen molar-refractivity contribution < 1.29 is 9.32 Å². The van der Waals surface area contributed by atoms with Crippen LogP contribution in [0.5, 0.6) is 0 Å². The molecular formula is C23H28N2O2S. The van der Waals surface area contributed by atoms with Crippen LogP contribution in [0.15, 0.2) is 59.6 Å². The molecule has 0 amide bonds. The van der Waals surface area contributed by atoms with Crippen LogP contribution in [-0.4, -0.2) is 25.1 Å².